The Bertz CT molecular complexity index is 328. The Kier molecular flexibility index (Phi) is 3.89. The summed E-state index contributed by atoms with van der Waals surface area (Å²) < 4.78 is 4.81. The summed E-state index contributed by atoms with van der Waals surface area (Å²) in [6.07, 6.45) is 3.25. The number of nitrogens with zero attached hydrogens (tertiary/aromatic N) is 1. The highest BCUT2D eigenvalue weighted by Gasteiger charge is 2.20. The number of rotatable bonds is 3. The lowest BCUT2D eigenvalue weighted by Crippen LogP contribution is -2.12. The van der Waals surface area contributed by atoms with Crippen molar-refractivity contribution in [2.45, 2.75) is 19.2 Å². The molecular weight excluding hydrogens is 202 g/mol. The average molecular weight is 214 g/mol. The molecule has 0 saturated heterocycles. The zero-order valence-corrected chi connectivity index (χ0v) is 8.91. The molecule has 1 unspecified atom stereocenters. The third kappa shape index (κ3) is 2.45. The third-order valence-electron chi connectivity index (χ3n) is 1.85. The summed E-state index contributed by atoms with van der Waals surface area (Å²) in [5.41, 5.74) is 1.64. The first-order valence-electron chi connectivity index (χ1n) is 4.38. The highest BCUT2D eigenvalue weighted by Crippen LogP contribution is 2.23. The summed E-state index contributed by atoms with van der Waals surface area (Å²) in [6, 6.07) is 1.81. The molecule has 0 fully saturated rings. The molecule has 1 atom stereocenters. The molecule has 0 aromatic carbocycles. The summed E-state index contributed by atoms with van der Waals surface area (Å²) in [4.78, 5) is 15.2. The van der Waals surface area contributed by atoms with Crippen LogP contribution >= 0.6 is 11.6 Å². The number of hydrogen-bond acceptors (Lipinski definition) is 3. The molecule has 76 valence electrons. The first kappa shape index (κ1) is 11.0. The van der Waals surface area contributed by atoms with Gasteiger partial charge in [0.1, 0.15) is 0 Å². The number of carbonyl (C=O) groups is 1. The number of alkyl halides is 1. The van der Waals surface area contributed by atoms with E-state index in [1.165, 1.54) is 0 Å². The number of aromatic nitrogens is 1. The van der Waals surface area contributed by atoms with Crippen LogP contribution < -0.4 is 0 Å². The minimum absolute atomic E-state index is 0.335. The van der Waals surface area contributed by atoms with Crippen LogP contribution in [0.25, 0.3) is 0 Å². The van der Waals surface area contributed by atoms with Crippen molar-refractivity contribution < 1.29 is 9.53 Å². The molecular formula is C10H12ClNO2. The van der Waals surface area contributed by atoms with E-state index in [1.807, 2.05) is 13.0 Å². The Labute approximate surface area is 88.1 Å². The second-order valence-electron chi connectivity index (χ2n) is 2.85. The molecule has 0 N–H and O–H groups in total. The molecule has 0 aliphatic carbocycles. The average Bonchev–Trinajstić information content (AvgIpc) is 2.18. The summed E-state index contributed by atoms with van der Waals surface area (Å²) in [5.74, 6) is -0.426. The van der Waals surface area contributed by atoms with E-state index in [0.717, 1.165) is 5.56 Å². The SMILES string of the molecule is CCOC(=O)C(Cl)c1cnccc1C. The monoisotopic (exact) mass is 213 g/mol. The summed E-state index contributed by atoms with van der Waals surface area (Å²) >= 11 is 5.93. The van der Waals surface area contributed by atoms with Gasteiger partial charge >= 0.3 is 5.97 Å². The van der Waals surface area contributed by atoms with Gasteiger partial charge < -0.3 is 4.74 Å². The minimum Gasteiger partial charge on any atom is -0.465 e. The maximum atomic E-state index is 11.3. The van der Waals surface area contributed by atoms with Crippen molar-refractivity contribution in [1.29, 1.82) is 0 Å². The van der Waals surface area contributed by atoms with Crippen molar-refractivity contribution in [3.05, 3.63) is 29.6 Å². The molecule has 1 aromatic rings. The third-order valence-corrected chi connectivity index (χ3v) is 2.26. The van der Waals surface area contributed by atoms with E-state index in [1.54, 1.807) is 19.3 Å². The molecule has 1 rings (SSSR count). The Morgan fingerprint density at radius 1 is 1.71 bits per heavy atom. The van der Waals surface area contributed by atoms with Crippen LogP contribution in [0.15, 0.2) is 18.5 Å². The van der Waals surface area contributed by atoms with Crippen molar-refractivity contribution in [1.82, 2.24) is 4.98 Å². The molecule has 14 heavy (non-hydrogen) atoms. The molecule has 0 radical (unpaired) electrons. The highest BCUT2D eigenvalue weighted by molar-refractivity contribution is 6.30. The highest BCUT2D eigenvalue weighted by atomic mass is 35.5. The predicted molar refractivity (Wildman–Crippen MR) is 54.2 cm³/mol. The van der Waals surface area contributed by atoms with Gasteiger partial charge in [0.2, 0.25) is 0 Å². The maximum absolute atomic E-state index is 11.3. The Balaban J connectivity index is 2.84. The van der Waals surface area contributed by atoms with Crippen molar-refractivity contribution in [2.75, 3.05) is 6.61 Å². The predicted octanol–water partition coefficient (Wildman–Crippen LogP) is 2.23. The second kappa shape index (κ2) is 4.96. The molecule has 0 aliphatic heterocycles. The van der Waals surface area contributed by atoms with E-state index in [4.69, 9.17) is 16.3 Å². The van der Waals surface area contributed by atoms with Crippen molar-refractivity contribution in [3.8, 4) is 0 Å². The molecule has 1 heterocycles. The summed E-state index contributed by atoms with van der Waals surface area (Å²) in [6.45, 7) is 3.96. The van der Waals surface area contributed by atoms with Gasteiger partial charge in [0.05, 0.1) is 6.61 Å². The zero-order chi connectivity index (χ0) is 10.6. The number of ether oxygens (including phenoxy) is 1. The van der Waals surface area contributed by atoms with E-state index >= 15 is 0 Å². The van der Waals surface area contributed by atoms with Gasteiger partial charge in [0, 0.05) is 18.0 Å². The lowest BCUT2D eigenvalue weighted by molar-refractivity contribution is -0.142. The molecule has 0 spiro atoms. The van der Waals surface area contributed by atoms with E-state index < -0.39 is 11.3 Å². The summed E-state index contributed by atoms with van der Waals surface area (Å²) in [7, 11) is 0. The van der Waals surface area contributed by atoms with Crippen LogP contribution in [0.4, 0.5) is 0 Å². The van der Waals surface area contributed by atoms with E-state index in [2.05, 4.69) is 4.98 Å². The van der Waals surface area contributed by atoms with Crippen molar-refractivity contribution in [3.63, 3.8) is 0 Å². The fourth-order valence-corrected chi connectivity index (χ4v) is 1.38. The Morgan fingerprint density at radius 2 is 2.43 bits per heavy atom. The molecule has 0 aliphatic rings. The number of aryl methyl sites for hydroxylation is 1. The van der Waals surface area contributed by atoms with Crippen LogP contribution in [0.1, 0.15) is 23.4 Å². The van der Waals surface area contributed by atoms with Crippen LogP contribution in [0.3, 0.4) is 0 Å². The number of carbonyl (C=O) groups excluding carboxylic acids is 1. The van der Waals surface area contributed by atoms with Crippen molar-refractivity contribution >= 4 is 17.6 Å². The molecule has 0 bridgehead atoms. The normalized spacial score (nSPS) is 12.2. The van der Waals surface area contributed by atoms with E-state index in [-0.39, 0.29) is 0 Å². The number of esters is 1. The molecule has 0 saturated carbocycles. The van der Waals surface area contributed by atoms with Crippen LogP contribution in [0.2, 0.25) is 0 Å². The van der Waals surface area contributed by atoms with Crippen LogP contribution in [0, 0.1) is 6.92 Å². The summed E-state index contributed by atoms with van der Waals surface area (Å²) in [5, 5.41) is -0.761. The van der Waals surface area contributed by atoms with Gasteiger partial charge in [0.25, 0.3) is 0 Å². The van der Waals surface area contributed by atoms with E-state index in [9.17, 15) is 4.79 Å². The van der Waals surface area contributed by atoms with Gasteiger partial charge in [-0.25, -0.2) is 0 Å². The smallest absolute Gasteiger partial charge is 0.328 e. The van der Waals surface area contributed by atoms with Crippen LogP contribution in [-0.2, 0) is 9.53 Å². The van der Waals surface area contributed by atoms with Gasteiger partial charge in [-0.15, -0.1) is 11.6 Å². The quantitative estimate of drug-likeness (QED) is 0.571. The second-order valence-corrected chi connectivity index (χ2v) is 3.28. The fourth-order valence-electron chi connectivity index (χ4n) is 1.08. The first-order chi connectivity index (χ1) is 6.66. The minimum atomic E-state index is -0.761. The lowest BCUT2D eigenvalue weighted by atomic mass is 10.1. The topological polar surface area (TPSA) is 39.2 Å². The Morgan fingerprint density at radius 3 is 3.00 bits per heavy atom. The molecule has 1 aromatic heterocycles. The largest absolute Gasteiger partial charge is 0.465 e. The number of halogens is 1. The molecule has 4 heteroatoms. The zero-order valence-electron chi connectivity index (χ0n) is 8.16. The van der Waals surface area contributed by atoms with E-state index in [0.29, 0.717) is 12.2 Å². The van der Waals surface area contributed by atoms with Crippen LogP contribution in [-0.4, -0.2) is 17.6 Å². The number of pyridine rings is 1. The van der Waals surface area contributed by atoms with Crippen molar-refractivity contribution in [2.24, 2.45) is 0 Å². The lowest BCUT2D eigenvalue weighted by Gasteiger charge is -2.10. The van der Waals surface area contributed by atoms with Gasteiger partial charge in [-0.1, -0.05) is 0 Å². The van der Waals surface area contributed by atoms with Gasteiger partial charge in [-0.2, -0.15) is 0 Å². The van der Waals surface area contributed by atoms with Crippen LogP contribution in [0.5, 0.6) is 0 Å². The number of hydrogen-bond donors (Lipinski definition) is 0. The van der Waals surface area contributed by atoms with Gasteiger partial charge in [-0.05, 0) is 25.5 Å². The first-order valence-corrected chi connectivity index (χ1v) is 4.81. The maximum Gasteiger partial charge on any atom is 0.328 e. The molecule has 0 amide bonds. The molecule has 3 nitrogen and oxygen atoms in total. The standard InChI is InChI=1S/C10H12ClNO2/c1-3-14-10(13)9(11)8-6-12-5-4-7(8)2/h4-6,9H,3H2,1-2H3. The van der Waals surface area contributed by atoms with Gasteiger partial charge in [0.15, 0.2) is 5.38 Å². The fraction of sp³-hybridized carbons (Fsp3) is 0.400. The Hall–Kier alpha value is -1.09. The van der Waals surface area contributed by atoms with Gasteiger partial charge in [-0.3, -0.25) is 9.78 Å².